The summed E-state index contributed by atoms with van der Waals surface area (Å²) in [4.78, 5) is 29.6. The zero-order chi connectivity index (χ0) is 28.7. The van der Waals surface area contributed by atoms with Crippen LogP contribution < -0.4 is 20.9 Å². The standard InChI is InChI=1S/C29H35N9O2S/c1-4-24(39)37-12-10-36(11-13-37)19-14-21(33-23(15-19)38-9-8-32-17-18(38)2)27-34-28(40-35-27)29(3)7-5-6-22-25(29)20(16-30)26(31)41-22/h4,14-15,18,32H,1,5-13,17,31H2,2-3H3/t18-,29+/m1/s1. The van der Waals surface area contributed by atoms with Gasteiger partial charge in [0, 0.05) is 74.0 Å². The number of carbonyl (C=O) groups excluding carboxylic acids is 1. The van der Waals surface area contributed by atoms with Gasteiger partial charge in [-0.15, -0.1) is 11.3 Å². The summed E-state index contributed by atoms with van der Waals surface area (Å²) in [6.45, 7) is 13.1. The molecule has 0 saturated carbocycles. The fourth-order valence-corrected chi connectivity index (χ4v) is 7.49. The molecule has 12 heteroatoms. The Kier molecular flexibility index (Phi) is 7.17. The third kappa shape index (κ3) is 4.83. The quantitative estimate of drug-likeness (QED) is 0.438. The lowest BCUT2D eigenvalue weighted by Crippen LogP contribution is -2.50. The van der Waals surface area contributed by atoms with Crippen molar-refractivity contribution in [2.24, 2.45) is 0 Å². The van der Waals surface area contributed by atoms with Crippen LogP contribution in [0.25, 0.3) is 11.5 Å². The van der Waals surface area contributed by atoms with Crippen molar-refractivity contribution in [1.29, 1.82) is 5.26 Å². The zero-order valence-corrected chi connectivity index (χ0v) is 24.3. The Bertz CT molecular complexity index is 1520. The lowest BCUT2D eigenvalue weighted by Gasteiger charge is -2.38. The molecule has 5 heterocycles. The highest BCUT2D eigenvalue weighted by molar-refractivity contribution is 7.16. The van der Waals surface area contributed by atoms with E-state index in [0.717, 1.165) is 60.8 Å². The number of amides is 1. The molecule has 2 atom stereocenters. The number of pyridine rings is 1. The predicted octanol–water partition coefficient (Wildman–Crippen LogP) is 2.92. The molecular weight excluding hydrogens is 538 g/mol. The number of carbonyl (C=O) groups is 1. The Labute approximate surface area is 243 Å². The summed E-state index contributed by atoms with van der Waals surface area (Å²) in [5, 5.41) is 18.3. The molecule has 1 amide bonds. The Morgan fingerprint density at radius 1 is 1.29 bits per heavy atom. The fraction of sp³-hybridized carbons (Fsp3) is 0.483. The molecule has 0 unspecified atom stereocenters. The minimum Gasteiger partial charge on any atom is -0.389 e. The highest BCUT2D eigenvalue weighted by atomic mass is 32.1. The number of aryl methyl sites for hydroxylation is 1. The second kappa shape index (κ2) is 10.8. The third-order valence-electron chi connectivity index (χ3n) is 8.60. The van der Waals surface area contributed by atoms with E-state index >= 15 is 0 Å². The predicted molar refractivity (Wildman–Crippen MR) is 159 cm³/mol. The van der Waals surface area contributed by atoms with Crippen molar-refractivity contribution in [2.45, 2.75) is 44.6 Å². The van der Waals surface area contributed by atoms with Crippen LogP contribution in [0.3, 0.4) is 0 Å². The lowest BCUT2D eigenvalue weighted by molar-refractivity contribution is -0.126. The number of nitrogens with two attached hydrogens (primary N) is 1. The van der Waals surface area contributed by atoms with Crippen molar-refractivity contribution in [3.8, 4) is 17.6 Å². The number of nitrogens with zero attached hydrogens (tertiary/aromatic N) is 7. The first-order chi connectivity index (χ1) is 19.8. The van der Waals surface area contributed by atoms with Crippen LogP contribution in [0.4, 0.5) is 16.5 Å². The topological polar surface area (TPSA) is 140 Å². The summed E-state index contributed by atoms with van der Waals surface area (Å²) in [5.41, 5.74) is 8.72. The summed E-state index contributed by atoms with van der Waals surface area (Å²) in [7, 11) is 0. The first kappa shape index (κ1) is 27.2. The Balaban J connectivity index is 1.37. The van der Waals surface area contributed by atoms with Crippen LogP contribution in [0.5, 0.6) is 0 Å². The Hall–Kier alpha value is -3.95. The van der Waals surface area contributed by atoms with Crippen molar-refractivity contribution in [1.82, 2.24) is 25.3 Å². The van der Waals surface area contributed by atoms with E-state index in [9.17, 15) is 10.1 Å². The molecule has 0 radical (unpaired) electrons. The lowest BCUT2D eigenvalue weighted by atomic mass is 9.72. The fourth-order valence-electron chi connectivity index (χ4n) is 6.30. The molecule has 2 fully saturated rings. The van der Waals surface area contributed by atoms with Crippen LogP contribution in [-0.4, -0.2) is 77.8 Å². The molecular formula is C29H35N9O2S. The van der Waals surface area contributed by atoms with Gasteiger partial charge in [-0.2, -0.15) is 10.2 Å². The van der Waals surface area contributed by atoms with Crippen LogP contribution in [0, 0.1) is 11.3 Å². The number of thiophene rings is 1. The smallest absolute Gasteiger partial charge is 0.246 e. The monoisotopic (exact) mass is 573 g/mol. The summed E-state index contributed by atoms with van der Waals surface area (Å²) in [5.74, 6) is 1.72. The highest BCUT2D eigenvalue weighted by Crippen LogP contribution is 2.48. The number of hydrogen-bond acceptors (Lipinski definition) is 11. The number of rotatable bonds is 5. The van der Waals surface area contributed by atoms with Gasteiger partial charge in [-0.3, -0.25) is 4.79 Å². The molecule has 0 aromatic carbocycles. The second-order valence-electron chi connectivity index (χ2n) is 11.2. The molecule has 0 bridgehead atoms. The van der Waals surface area contributed by atoms with Crippen molar-refractivity contribution in [2.75, 3.05) is 61.3 Å². The molecule has 3 N–H and O–H groups in total. The van der Waals surface area contributed by atoms with Crippen LogP contribution in [0.15, 0.2) is 29.3 Å². The first-order valence-electron chi connectivity index (χ1n) is 14.1. The number of hydrogen-bond donors (Lipinski definition) is 2. The van der Waals surface area contributed by atoms with Gasteiger partial charge >= 0.3 is 0 Å². The van der Waals surface area contributed by atoms with E-state index in [1.54, 1.807) is 0 Å². The Morgan fingerprint density at radius 2 is 2.10 bits per heavy atom. The van der Waals surface area contributed by atoms with E-state index in [1.165, 1.54) is 17.4 Å². The molecule has 2 aliphatic heterocycles. The van der Waals surface area contributed by atoms with Crippen LogP contribution in [-0.2, 0) is 16.6 Å². The molecule has 1 aliphatic carbocycles. The minimum absolute atomic E-state index is 0.0407. The highest BCUT2D eigenvalue weighted by Gasteiger charge is 2.43. The molecule has 2 saturated heterocycles. The molecule has 3 aliphatic rings. The van der Waals surface area contributed by atoms with E-state index in [0.29, 0.717) is 54.2 Å². The van der Waals surface area contributed by atoms with Gasteiger partial charge in [0.2, 0.25) is 17.6 Å². The maximum atomic E-state index is 12.1. The van der Waals surface area contributed by atoms with Crippen LogP contribution >= 0.6 is 11.3 Å². The largest absolute Gasteiger partial charge is 0.389 e. The van der Waals surface area contributed by atoms with E-state index in [2.05, 4.69) is 52.8 Å². The number of anilines is 3. The van der Waals surface area contributed by atoms with Crippen molar-refractivity contribution >= 4 is 33.8 Å². The molecule has 11 nitrogen and oxygen atoms in total. The zero-order valence-electron chi connectivity index (χ0n) is 23.5. The normalized spacial score (nSPS) is 22.8. The minimum atomic E-state index is -0.598. The van der Waals surface area contributed by atoms with E-state index in [-0.39, 0.29) is 11.9 Å². The number of nitriles is 1. The number of nitrogen functional groups attached to an aromatic ring is 1. The van der Waals surface area contributed by atoms with E-state index in [1.807, 2.05) is 11.0 Å². The van der Waals surface area contributed by atoms with Crippen molar-refractivity contribution in [3.63, 3.8) is 0 Å². The SMILES string of the molecule is C=CC(=O)N1CCN(c2cc(-c3noc([C@@]4(C)CCCc5sc(N)c(C#N)c54)n3)nc(N3CCNC[C@H]3C)c2)CC1. The van der Waals surface area contributed by atoms with Gasteiger partial charge in [-0.05, 0) is 45.3 Å². The summed E-state index contributed by atoms with van der Waals surface area (Å²) >= 11 is 1.49. The van der Waals surface area contributed by atoms with Crippen molar-refractivity contribution in [3.05, 3.63) is 46.7 Å². The van der Waals surface area contributed by atoms with Crippen molar-refractivity contribution < 1.29 is 9.32 Å². The average Bonchev–Trinajstić information content (AvgIpc) is 3.62. The van der Waals surface area contributed by atoms with E-state index in [4.69, 9.17) is 20.2 Å². The second-order valence-corrected chi connectivity index (χ2v) is 12.3. The average molecular weight is 574 g/mol. The number of aromatic nitrogens is 3. The molecule has 214 valence electrons. The summed E-state index contributed by atoms with van der Waals surface area (Å²) in [6.07, 6.45) is 4.00. The molecule has 6 rings (SSSR count). The van der Waals surface area contributed by atoms with Crippen LogP contribution in [0.2, 0.25) is 0 Å². The molecule has 3 aromatic rings. The van der Waals surface area contributed by atoms with Gasteiger partial charge in [0.15, 0.2) is 0 Å². The summed E-state index contributed by atoms with van der Waals surface area (Å²) < 4.78 is 5.93. The maximum absolute atomic E-state index is 12.1. The first-order valence-corrected chi connectivity index (χ1v) is 15.0. The summed E-state index contributed by atoms with van der Waals surface area (Å²) in [6, 6.07) is 6.72. The number of piperazine rings is 2. The molecule has 0 spiro atoms. The third-order valence-corrected chi connectivity index (χ3v) is 9.68. The molecule has 3 aromatic heterocycles. The number of fused-ring (bicyclic) bond motifs is 1. The van der Waals surface area contributed by atoms with E-state index < -0.39 is 5.41 Å². The maximum Gasteiger partial charge on any atom is 0.246 e. The number of nitrogens with one attached hydrogen (secondary N) is 1. The van der Waals surface area contributed by atoms with Gasteiger partial charge in [0.25, 0.3) is 0 Å². The van der Waals surface area contributed by atoms with Gasteiger partial charge in [-0.25, -0.2) is 4.98 Å². The van der Waals surface area contributed by atoms with Gasteiger partial charge in [0.05, 0.1) is 11.0 Å². The van der Waals surface area contributed by atoms with Gasteiger partial charge in [-0.1, -0.05) is 11.7 Å². The molecule has 41 heavy (non-hydrogen) atoms. The van der Waals surface area contributed by atoms with Crippen LogP contribution in [0.1, 0.15) is 48.6 Å². The van der Waals surface area contributed by atoms with Gasteiger partial charge in [0.1, 0.15) is 22.6 Å². The Morgan fingerprint density at radius 3 is 2.83 bits per heavy atom. The van der Waals surface area contributed by atoms with Gasteiger partial charge < -0.3 is 30.3 Å².